The Morgan fingerprint density at radius 1 is 1.33 bits per heavy atom. The Bertz CT molecular complexity index is 594. The zero-order valence-electron chi connectivity index (χ0n) is 12.3. The van der Waals surface area contributed by atoms with E-state index in [0.29, 0.717) is 29.2 Å². The van der Waals surface area contributed by atoms with Crippen molar-refractivity contribution < 1.29 is 9.47 Å². The van der Waals surface area contributed by atoms with Crippen molar-refractivity contribution in [2.45, 2.75) is 13.8 Å². The monoisotopic (exact) mass is 287 g/mol. The zero-order valence-corrected chi connectivity index (χ0v) is 12.3. The Labute approximate surface area is 125 Å². The van der Waals surface area contributed by atoms with E-state index in [4.69, 9.17) is 33.1 Å². The molecule has 0 saturated carbocycles. The summed E-state index contributed by atoms with van der Waals surface area (Å²) < 4.78 is 10.8. The highest BCUT2D eigenvalue weighted by atomic mass is 16.7. The summed E-state index contributed by atoms with van der Waals surface area (Å²) in [6.45, 7) is 4.38. The van der Waals surface area contributed by atoms with Gasteiger partial charge in [0.25, 0.3) is 0 Å². The largest absolute Gasteiger partial charge is 0.467 e. The highest BCUT2D eigenvalue weighted by Crippen LogP contribution is 2.27. The number of ether oxygens (including phenoxy) is 2. The summed E-state index contributed by atoms with van der Waals surface area (Å²) in [5.74, 6) is 3.30. The van der Waals surface area contributed by atoms with Crippen LogP contribution in [0, 0.1) is 12.3 Å². The van der Waals surface area contributed by atoms with Crippen molar-refractivity contribution in [3.8, 4) is 18.1 Å². The van der Waals surface area contributed by atoms with E-state index in [1.165, 1.54) is 0 Å². The van der Waals surface area contributed by atoms with Crippen LogP contribution in [0.5, 0.6) is 5.75 Å². The van der Waals surface area contributed by atoms with E-state index >= 15 is 0 Å². The molecule has 112 valence electrons. The smallest absolute Gasteiger partial charge is 0.189 e. The Hall–Kier alpha value is -2.58. The van der Waals surface area contributed by atoms with Crippen molar-refractivity contribution in [2.24, 2.45) is 17.2 Å². The predicted octanol–water partition coefficient (Wildman–Crippen LogP) is 1.49. The van der Waals surface area contributed by atoms with Crippen LogP contribution in [0.4, 0.5) is 0 Å². The Morgan fingerprint density at radius 3 is 2.62 bits per heavy atom. The topological polar surface area (TPSA) is 96.5 Å². The van der Waals surface area contributed by atoms with Crippen LogP contribution >= 0.6 is 0 Å². The first-order valence-corrected chi connectivity index (χ1v) is 6.50. The van der Waals surface area contributed by atoms with Crippen LogP contribution in [0.3, 0.4) is 0 Å². The Balaban J connectivity index is 3.22. The number of terminal acetylenes is 1. The zero-order chi connectivity index (χ0) is 15.8. The fourth-order valence-electron chi connectivity index (χ4n) is 1.68. The molecular weight excluding hydrogens is 266 g/mol. The second-order valence-corrected chi connectivity index (χ2v) is 4.35. The van der Waals surface area contributed by atoms with Crippen molar-refractivity contribution in [2.75, 3.05) is 13.4 Å². The fraction of sp³-hybridized carbons (Fsp3) is 0.250. The van der Waals surface area contributed by atoms with Crippen molar-refractivity contribution in [3.63, 3.8) is 0 Å². The fourth-order valence-corrected chi connectivity index (χ4v) is 1.68. The van der Waals surface area contributed by atoms with Gasteiger partial charge in [-0.05, 0) is 43.7 Å². The molecule has 0 spiro atoms. The third kappa shape index (κ3) is 4.79. The molecule has 0 heterocycles. The summed E-state index contributed by atoms with van der Waals surface area (Å²) in [6, 6.07) is 5.33. The summed E-state index contributed by atoms with van der Waals surface area (Å²) in [4.78, 5) is 0. The minimum atomic E-state index is 0.124. The highest BCUT2D eigenvalue weighted by molar-refractivity contribution is 5.73. The third-order valence-corrected chi connectivity index (χ3v) is 2.75. The van der Waals surface area contributed by atoms with E-state index in [1.807, 2.05) is 13.8 Å². The van der Waals surface area contributed by atoms with Crippen molar-refractivity contribution in [1.82, 2.24) is 0 Å². The molecule has 5 nitrogen and oxygen atoms in total. The lowest BCUT2D eigenvalue weighted by Crippen LogP contribution is -2.10. The molecule has 0 fully saturated rings. The lowest BCUT2D eigenvalue weighted by molar-refractivity contribution is 0.0222. The van der Waals surface area contributed by atoms with Crippen molar-refractivity contribution >= 4 is 5.70 Å². The number of benzene rings is 1. The van der Waals surface area contributed by atoms with Gasteiger partial charge in [0.15, 0.2) is 6.79 Å². The minimum absolute atomic E-state index is 0.124. The Morgan fingerprint density at radius 2 is 2.05 bits per heavy atom. The summed E-state index contributed by atoms with van der Waals surface area (Å²) in [5, 5.41) is 0. The SMILES string of the molecule is C#Cc1ccc(/C(N)=C(\C)C=C(N)N)c(OCOCC)c1. The normalized spacial score (nSPS) is 11.3. The lowest BCUT2D eigenvalue weighted by atomic mass is 10.0. The molecule has 0 aromatic heterocycles. The first kappa shape index (κ1) is 16.5. The lowest BCUT2D eigenvalue weighted by Gasteiger charge is -2.13. The number of nitrogens with two attached hydrogens (primary N) is 3. The van der Waals surface area contributed by atoms with Gasteiger partial charge in [0.2, 0.25) is 0 Å². The van der Waals surface area contributed by atoms with E-state index in [9.17, 15) is 0 Å². The molecule has 0 saturated heterocycles. The van der Waals surface area contributed by atoms with E-state index < -0.39 is 0 Å². The van der Waals surface area contributed by atoms with Crippen LogP contribution in [-0.2, 0) is 4.74 Å². The quantitative estimate of drug-likeness (QED) is 0.319. The maximum absolute atomic E-state index is 6.13. The molecule has 0 bridgehead atoms. The average molecular weight is 287 g/mol. The van der Waals surface area contributed by atoms with Crippen LogP contribution in [-0.4, -0.2) is 13.4 Å². The maximum Gasteiger partial charge on any atom is 0.189 e. The van der Waals surface area contributed by atoms with Gasteiger partial charge < -0.3 is 26.7 Å². The minimum Gasteiger partial charge on any atom is -0.467 e. The molecule has 1 aromatic rings. The van der Waals surface area contributed by atoms with Gasteiger partial charge in [-0.3, -0.25) is 0 Å². The molecule has 0 atom stereocenters. The molecule has 0 radical (unpaired) electrons. The number of rotatable bonds is 6. The standard InChI is InChI=1S/C16H21N3O2/c1-4-12-6-7-13(14(9-12)21-10-20-5-2)16(19)11(3)8-15(17)18/h1,6-9H,5,10,17-19H2,2-3H3/b16-11-. The van der Waals surface area contributed by atoms with Gasteiger partial charge in [0.05, 0.1) is 5.82 Å². The van der Waals surface area contributed by atoms with Gasteiger partial charge in [-0.15, -0.1) is 6.42 Å². The molecule has 0 amide bonds. The second kappa shape index (κ2) is 7.88. The molecule has 1 rings (SSSR count). The molecule has 21 heavy (non-hydrogen) atoms. The number of hydrogen-bond donors (Lipinski definition) is 3. The average Bonchev–Trinajstić information content (AvgIpc) is 2.46. The molecule has 0 aliphatic heterocycles. The van der Waals surface area contributed by atoms with Gasteiger partial charge in [-0.25, -0.2) is 0 Å². The van der Waals surface area contributed by atoms with Gasteiger partial charge in [-0.1, -0.05) is 5.92 Å². The van der Waals surface area contributed by atoms with Gasteiger partial charge in [0, 0.05) is 23.4 Å². The van der Waals surface area contributed by atoms with Crippen LogP contribution in [0.2, 0.25) is 0 Å². The van der Waals surface area contributed by atoms with Crippen molar-refractivity contribution in [3.05, 3.63) is 46.8 Å². The summed E-state index contributed by atoms with van der Waals surface area (Å²) in [7, 11) is 0. The summed E-state index contributed by atoms with van der Waals surface area (Å²) >= 11 is 0. The molecule has 0 aliphatic rings. The first-order chi connectivity index (χ1) is 9.99. The van der Waals surface area contributed by atoms with Crippen LogP contribution < -0.4 is 21.9 Å². The van der Waals surface area contributed by atoms with Crippen LogP contribution in [0.1, 0.15) is 25.0 Å². The number of allylic oxidation sites excluding steroid dienone is 2. The molecule has 6 N–H and O–H groups in total. The predicted molar refractivity (Wildman–Crippen MR) is 84.7 cm³/mol. The highest BCUT2D eigenvalue weighted by Gasteiger charge is 2.09. The molecular formula is C16H21N3O2. The van der Waals surface area contributed by atoms with E-state index in [0.717, 1.165) is 5.57 Å². The molecule has 5 heteroatoms. The summed E-state index contributed by atoms with van der Waals surface area (Å²) in [5.41, 5.74) is 19.7. The third-order valence-electron chi connectivity index (χ3n) is 2.75. The van der Waals surface area contributed by atoms with E-state index in [-0.39, 0.29) is 12.6 Å². The van der Waals surface area contributed by atoms with Gasteiger partial charge >= 0.3 is 0 Å². The molecule has 1 aromatic carbocycles. The molecule has 0 unspecified atom stereocenters. The van der Waals surface area contributed by atoms with Gasteiger partial charge in [-0.2, -0.15) is 0 Å². The second-order valence-electron chi connectivity index (χ2n) is 4.35. The van der Waals surface area contributed by atoms with Gasteiger partial charge in [0.1, 0.15) is 5.75 Å². The van der Waals surface area contributed by atoms with Crippen LogP contribution in [0.15, 0.2) is 35.7 Å². The first-order valence-electron chi connectivity index (χ1n) is 6.50. The summed E-state index contributed by atoms with van der Waals surface area (Å²) in [6.07, 6.45) is 7.00. The van der Waals surface area contributed by atoms with Crippen molar-refractivity contribution in [1.29, 1.82) is 0 Å². The van der Waals surface area contributed by atoms with Crippen LogP contribution in [0.25, 0.3) is 5.70 Å². The molecule has 0 aliphatic carbocycles. The van der Waals surface area contributed by atoms with E-state index in [2.05, 4.69) is 5.92 Å². The van der Waals surface area contributed by atoms with E-state index in [1.54, 1.807) is 24.3 Å². The number of hydrogen-bond acceptors (Lipinski definition) is 5. The maximum atomic E-state index is 6.13. The Kier molecular flexibility index (Phi) is 6.18.